The van der Waals surface area contributed by atoms with Crippen molar-refractivity contribution in [3.8, 4) is 22.6 Å². The molecule has 9 aromatic carbocycles. The Bertz CT molecular complexity index is 3210. The van der Waals surface area contributed by atoms with Gasteiger partial charge in [-0.25, -0.2) is 0 Å². The predicted molar refractivity (Wildman–Crippen MR) is 259 cm³/mol. The van der Waals surface area contributed by atoms with Crippen molar-refractivity contribution in [2.75, 3.05) is 4.90 Å². The molecular weight excluding hydrogens is 771 g/mol. The number of hydrogen-bond donors (Lipinski definition) is 0. The van der Waals surface area contributed by atoms with Crippen molar-refractivity contribution in [3.05, 3.63) is 257 Å². The van der Waals surface area contributed by atoms with E-state index in [1.165, 1.54) is 75.8 Å². The van der Waals surface area contributed by atoms with E-state index in [-0.39, 0.29) is 5.92 Å². The molecule has 1 aromatic heterocycles. The minimum absolute atomic E-state index is 0.185. The van der Waals surface area contributed by atoms with Crippen molar-refractivity contribution >= 4 is 48.6 Å². The molecule has 62 heavy (non-hydrogen) atoms. The smallest absolute Gasteiger partial charge is 0.132 e. The summed E-state index contributed by atoms with van der Waals surface area (Å²) in [6.45, 7) is 2.29. The van der Waals surface area contributed by atoms with E-state index in [0.717, 1.165) is 41.4 Å². The molecule has 1 spiro atoms. The average molecular weight is 814 g/mol. The number of anilines is 3. The second kappa shape index (κ2) is 14.8. The molecule has 2 heterocycles. The van der Waals surface area contributed by atoms with Crippen LogP contribution >= 0.6 is 11.3 Å². The number of para-hydroxylation sites is 3. The summed E-state index contributed by atoms with van der Waals surface area (Å²) in [6, 6.07) is 77.9. The summed E-state index contributed by atoms with van der Waals surface area (Å²) in [6.07, 6.45) is 1.93. The Morgan fingerprint density at radius 2 is 1.08 bits per heavy atom. The molecule has 3 heteroatoms. The highest BCUT2D eigenvalue weighted by molar-refractivity contribution is 7.25. The van der Waals surface area contributed by atoms with Gasteiger partial charge in [-0.05, 0) is 119 Å². The van der Waals surface area contributed by atoms with Gasteiger partial charge in [0.1, 0.15) is 11.5 Å². The maximum absolute atomic E-state index is 6.95. The van der Waals surface area contributed by atoms with E-state index in [4.69, 9.17) is 4.74 Å². The summed E-state index contributed by atoms with van der Waals surface area (Å²) in [7, 11) is 0. The summed E-state index contributed by atoms with van der Waals surface area (Å²) < 4.78 is 9.60. The Balaban J connectivity index is 0.915. The minimum Gasteiger partial charge on any atom is -0.457 e. The Kier molecular flexibility index (Phi) is 8.72. The van der Waals surface area contributed by atoms with E-state index >= 15 is 0 Å². The zero-order valence-electron chi connectivity index (χ0n) is 34.5. The molecule has 0 fully saturated rings. The first kappa shape index (κ1) is 36.6. The Hall–Kier alpha value is -7.20. The molecule has 0 radical (unpaired) electrons. The fourth-order valence-electron chi connectivity index (χ4n) is 10.7. The highest BCUT2D eigenvalue weighted by Crippen LogP contribution is 2.62. The largest absolute Gasteiger partial charge is 0.457 e. The monoisotopic (exact) mass is 813 g/mol. The molecule has 12 rings (SSSR count). The molecule has 0 bridgehead atoms. The molecule has 1 unspecified atom stereocenters. The lowest BCUT2D eigenvalue weighted by Crippen LogP contribution is -2.32. The van der Waals surface area contributed by atoms with Gasteiger partial charge in [-0.15, -0.1) is 11.3 Å². The molecule has 1 aliphatic carbocycles. The maximum atomic E-state index is 6.95. The van der Waals surface area contributed by atoms with Crippen LogP contribution < -0.4 is 9.64 Å². The third-order valence-electron chi connectivity index (χ3n) is 13.3. The standard InChI is InChI=1S/C59H43NOS/c1-39-35-40(36-57-58(39)49-33-31-45(38-56(49)62-57)60(43-19-7-3-8-20-43)44-21-9-4-10-22-44)29-32-46(41-17-5-2-6-18-41)42-30-34-53-55(37-42)61-54-28-16-15-27-52(54)59(53)50-25-13-11-23-47(50)48-24-12-14-26-51(48)59/h2-28,30-31,33-38,46H,29,32H2,1H3. The lowest BCUT2D eigenvalue weighted by atomic mass is 9.66. The van der Waals surface area contributed by atoms with Crippen LogP contribution in [0.3, 0.4) is 0 Å². The van der Waals surface area contributed by atoms with Gasteiger partial charge in [0, 0.05) is 54.3 Å². The van der Waals surface area contributed by atoms with Crippen LogP contribution in [0, 0.1) is 6.92 Å². The summed E-state index contributed by atoms with van der Waals surface area (Å²) in [5.41, 5.74) is 15.9. The zero-order chi connectivity index (χ0) is 41.2. The third-order valence-corrected chi connectivity index (χ3v) is 14.4. The second-order valence-corrected chi connectivity index (χ2v) is 17.9. The molecule has 1 aliphatic heterocycles. The number of hydrogen-bond acceptors (Lipinski definition) is 3. The second-order valence-electron chi connectivity index (χ2n) is 16.8. The summed E-state index contributed by atoms with van der Waals surface area (Å²) in [5.74, 6) is 2.05. The number of ether oxygens (including phenoxy) is 1. The van der Waals surface area contributed by atoms with Gasteiger partial charge in [0.25, 0.3) is 0 Å². The van der Waals surface area contributed by atoms with Crippen molar-refractivity contribution in [2.24, 2.45) is 0 Å². The quantitative estimate of drug-likeness (QED) is 0.152. The van der Waals surface area contributed by atoms with Crippen LogP contribution in [-0.2, 0) is 11.8 Å². The number of fused-ring (bicyclic) bond motifs is 12. The lowest BCUT2D eigenvalue weighted by Gasteiger charge is -2.39. The highest BCUT2D eigenvalue weighted by atomic mass is 32.1. The first-order chi connectivity index (χ1) is 30.6. The normalized spacial score (nSPS) is 13.6. The molecule has 2 aliphatic rings. The maximum Gasteiger partial charge on any atom is 0.132 e. The SMILES string of the molecule is Cc1cc(CCC(c2ccccc2)c2ccc3c(c2)Oc2ccccc2C32c3ccccc3-c3ccccc32)cc2sc3cc(N(c4ccccc4)c4ccccc4)ccc3c12. The van der Waals surface area contributed by atoms with E-state index in [1.807, 2.05) is 11.3 Å². The molecule has 0 amide bonds. The van der Waals surface area contributed by atoms with Gasteiger partial charge in [0.2, 0.25) is 0 Å². The highest BCUT2D eigenvalue weighted by Gasteiger charge is 2.51. The first-order valence-corrected chi connectivity index (χ1v) is 22.5. The van der Waals surface area contributed by atoms with Crippen LogP contribution in [0.2, 0.25) is 0 Å². The van der Waals surface area contributed by atoms with Crippen LogP contribution in [0.4, 0.5) is 17.1 Å². The number of aryl methyl sites for hydroxylation is 2. The van der Waals surface area contributed by atoms with Gasteiger partial charge in [0.05, 0.1) is 5.41 Å². The van der Waals surface area contributed by atoms with Gasteiger partial charge in [-0.2, -0.15) is 0 Å². The fourth-order valence-corrected chi connectivity index (χ4v) is 12.0. The van der Waals surface area contributed by atoms with E-state index in [1.54, 1.807) is 0 Å². The van der Waals surface area contributed by atoms with Gasteiger partial charge < -0.3 is 9.64 Å². The molecular formula is C59H43NOS. The number of rotatable bonds is 8. The Labute approximate surface area is 367 Å². The summed E-state index contributed by atoms with van der Waals surface area (Å²) in [5, 5.41) is 2.68. The van der Waals surface area contributed by atoms with Crippen LogP contribution in [0.1, 0.15) is 56.8 Å². The van der Waals surface area contributed by atoms with Gasteiger partial charge in [0.15, 0.2) is 0 Å². The van der Waals surface area contributed by atoms with Crippen molar-refractivity contribution in [1.29, 1.82) is 0 Å². The van der Waals surface area contributed by atoms with Crippen molar-refractivity contribution < 1.29 is 4.74 Å². The molecule has 0 saturated carbocycles. The van der Waals surface area contributed by atoms with E-state index in [0.29, 0.717) is 0 Å². The van der Waals surface area contributed by atoms with Crippen LogP contribution in [0.25, 0.3) is 31.3 Å². The summed E-state index contributed by atoms with van der Waals surface area (Å²) >= 11 is 1.91. The lowest BCUT2D eigenvalue weighted by molar-refractivity contribution is 0.435. The van der Waals surface area contributed by atoms with Crippen molar-refractivity contribution in [3.63, 3.8) is 0 Å². The number of nitrogens with zero attached hydrogens (tertiary/aromatic N) is 1. The van der Waals surface area contributed by atoms with E-state index in [2.05, 4.69) is 224 Å². The fraction of sp³-hybridized carbons (Fsp3) is 0.0847. The predicted octanol–water partition coefficient (Wildman–Crippen LogP) is 16.1. The summed E-state index contributed by atoms with van der Waals surface area (Å²) in [4.78, 5) is 2.35. The first-order valence-electron chi connectivity index (χ1n) is 21.7. The van der Waals surface area contributed by atoms with E-state index < -0.39 is 5.41 Å². The van der Waals surface area contributed by atoms with Crippen LogP contribution in [0.5, 0.6) is 11.5 Å². The molecule has 2 nitrogen and oxygen atoms in total. The molecule has 296 valence electrons. The van der Waals surface area contributed by atoms with Crippen LogP contribution in [-0.4, -0.2) is 0 Å². The van der Waals surface area contributed by atoms with Crippen molar-refractivity contribution in [1.82, 2.24) is 0 Å². The Morgan fingerprint density at radius 1 is 0.484 bits per heavy atom. The Morgan fingerprint density at radius 3 is 1.77 bits per heavy atom. The zero-order valence-corrected chi connectivity index (χ0v) is 35.3. The number of benzene rings is 9. The average Bonchev–Trinajstić information content (AvgIpc) is 3.84. The topological polar surface area (TPSA) is 12.5 Å². The van der Waals surface area contributed by atoms with Crippen LogP contribution in [0.15, 0.2) is 212 Å². The minimum atomic E-state index is -0.461. The van der Waals surface area contributed by atoms with Gasteiger partial charge in [-0.1, -0.05) is 158 Å². The van der Waals surface area contributed by atoms with E-state index in [9.17, 15) is 0 Å². The molecule has 1 atom stereocenters. The van der Waals surface area contributed by atoms with Crippen molar-refractivity contribution in [2.45, 2.75) is 31.1 Å². The molecule has 0 N–H and O–H groups in total. The van der Waals surface area contributed by atoms with Gasteiger partial charge >= 0.3 is 0 Å². The molecule has 0 saturated heterocycles. The third kappa shape index (κ3) is 5.76. The number of thiophene rings is 1. The van der Waals surface area contributed by atoms with Gasteiger partial charge in [-0.3, -0.25) is 0 Å². The molecule has 10 aromatic rings.